The predicted octanol–water partition coefficient (Wildman–Crippen LogP) is 4.70. The molecule has 2 aromatic carbocycles. The zero-order chi connectivity index (χ0) is 15.8. The van der Waals surface area contributed by atoms with Crippen molar-refractivity contribution in [1.82, 2.24) is 9.66 Å². The standard InChI is InChI=1S/C17H11ClFN3S/c18-13-5-1-12(2-6-13)16-10-23-17-20-15(9-22(17)21-16)11-3-7-14(19)8-4-11/h1-9H,10H2. The summed E-state index contributed by atoms with van der Waals surface area (Å²) in [6.45, 7) is 0. The number of hydrogen-bond donors (Lipinski definition) is 0. The van der Waals surface area contributed by atoms with E-state index in [0.29, 0.717) is 5.02 Å². The second kappa shape index (κ2) is 5.83. The van der Waals surface area contributed by atoms with Gasteiger partial charge in [0.15, 0.2) is 5.16 Å². The van der Waals surface area contributed by atoms with Gasteiger partial charge in [0.2, 0.25) is 0 Å². The lowest BCUT2D eigenvalue weighted by molar-refractivity contribution is 0.628. The Morgan fingerprint density at radius 1 is 1.00 bits per heavy atom. The van der Waals surface area contributed by atoms with E-state index < -0.39 is 0 Å². The monoisotopic (exact) mass is 343 g/mol. The van der Waals surface area contributed by atoms with Crippen LogP contribution in [0.3, 0.4) is 0 Å². The van der Waals surface area contributed by atoms with Crippen molar-refractivity contribution < 1.29 is 4.39 Å². The maximum atomic E-state index is 13.0. The van der Waals surface area contributed by atoms with Crippen LogP contribution in [0, 0.1) is 5.82 Å². The molecule has 1 aliphatic rings. The molecule has 0 saturated heterocycles. The first-order chi connectivity index (χ1) is 11.2. The Kier molecular flexibility index (Phi) is 3.67. The average Bonchev–Trinajstić information content (AvgIpc) is 2.99. The minimum Gasteiger partial charge on any atom is -0.221 e. The molecule has 1 aromatic heterocycles. The molecule has 0 atom stereocenters. The Hall–Kier alpha value is -2.11. The van der Waals surface area contributed by atoms with Crippen LogP contribution in [-0.2, 0) is 0 Å². The van der Waals surface area contributed by atoms with Crippen molar-refractivity contribution in [1.29, 1.82) is 0 Å². The molecule has 0 N–H and O–H groups in total. The quantitative estimate of drug-likeness (QED) is 0.675. The molecule has 0 fully saturated rings. The number of imidazole rings is 1. The third kappa shape index (κ3) is 2.90. The normalized spacial score (nSPS) is 13.6. The molecule has 0 aliphatic carbocycles. The van der Waals surface area contributed by atoms with Crippen molar-refractivity contribution in [2.24, 2.45) is 5.10 Å². The van der Waals surface area contributed by atoms with Gasteiger partial charge < -0.3 is 0 Å². The summed E-state index contributed by atoms with van der Waals surface area (Å²) in [7, 11) is 0. The lowest BCUT2D eigenvalue weighted by Gasteiger charge is -2.12. The highest BCUT2D eigenvalue weighted by atomic mass is 35.5. The number of nitrogens with zero attached hydrogens (tertiary/aromatic N) is 3. The van der Waals surface area contributed by atoms with Gasteiger partial charge in [-0.25, -0.2) is 14.1 Å². The highest BCUT2D eigenvalue weighted by Gasteiger charge is 2.17. The summed E-state index contributed by atoms with van der Waals surface area (Å²) in [4.78, 5) is 4.57. The van der Waals surface area contributed by atoms with E-state index in [1.807, 2.05) is 30.5 Å². The molecule has 2 heterocycles. The van der Waals surface area contributed by atoms with Crippen molar-refractivity contribution in [2.75, 3.05) is 5.75 Å². The summed E-state index contributed by atoms with van der Waals surface area (Å²) < 4.78 is 14.8. The minimum atomic E-state index is -0.254. The van der Waals surface area contributed by atoms with Crippen molar-refractivity contribution in [3.8, 4) is 11.3 Å². The number of aromatic nitrogens is 2. The molecule has 0 saturated carbocycles. The summed E-state index contributed by atoms with van der Waals surface area (Å²) in [5.74, 6) is 0.497. The number of fused-ring (bicyclic) bond motifs is 1. The van der Waals surface area contributed by atoms with Crippen molar-refractivity contribution >= 4 is 29.1 Å². The fourth-order valence-electron chi connectivity index (χ4n) is 2.36. The molecule has 0 unspecified atom stereocenters. The fraction of sp³-hybridized carbons (Fsp3) is 0.0588. The highest BCUT2D eigenvalue weighted by Crippen LogP contribution is 2.28. The molecule has 6 heteroatoms. The molecule has 0 spiro atoms. The molecule has 23 heavy (non-hydrogen) atoms. The molecule has 114 valence electrons. The third-order valence-corrected chi connectivity index (χ3v) is 4.75. The first-order valence-electron chi connectivity index (χ1n) is 7.01. The van der Waals surface area contributed by atoms with Gasteiger partial charge in [0.1, 0.15) is 5.82 Å². The topological polar surface area (TPSA) is 30.2 Å². The lowest BCUT2D eigenvalue weighted by Crippen LogP contribution is -2.12. The van der Waals surface area contributed by atoms with Crippen LogP contribution in [-0.4, -0.2) is 21.1 Å². The maximum Gasteiger partial charge on any atom is 0.189 e. The summed E-state index contributed by atoms with van der Waals surface area (Å²) in [6.07, 6.45) is 1.87. The van der Waals surface area contributed by atoms with Gasteiger partial charge in [0, 0.05) is 16.3 Å². The van der Waals surface area contributed by atoms with Gasteiger partial charge in [-0.15, -0.1) is 0 Å². The third-order valence-electron chi connectivity index (χ3n) is 3.54. The molecule has 1 aliphatic heterocycles. The first-order valence-corrected chi connectivity index (χ1v) is 8.37. The van der Waals surface area contributed by atoms with E-state index in [0.717, 1.165) is 33.4 Å². The van der Waals surface area contributed by atoms with E-state index in [2.05, 4.69) is 10.1 Å². The van der Waals surface area contributed by atoms with Gasteiger partial charge in [-0.3, -0.25) is 0 Å². The number of thioether (sulfide) groups is 1. The zero-order valence-corrected chi connectivity index (χ0v) is 13.5. The molecule has 0 bridgehead atoms. The van der Waals surface area contributed by atoms with Gasteiger partial charge in [0.25, 0.3) is 0 Å². The Labute approximate surface area is 141 Å². The first kappa shape index (κ1) is 14.5. The Bertz CT molecular complexity index is 885. The number of rotatable bonds is 2. The van der Waals surface area contributed by atoms with Crippen LogP contribution >= 0.6 is 23.4 Å². The van der Waals surface area contributed by atoms with Crippen LogP contribution in [0.4, 0.5) is 4.39 Å². The van der Waals surface area contributed by atoms with Crippen molar-refractivity contribution in [3.63, 3.8) is 0 Å². The van der Waals surface area contributed by atoms with E-state index in [1.165, 1.54) is 12.1 Å². The average molecular weight is 344 g/mol. The molecule has 3 nitrogen and oxygen atoms in total. The number of benzene rings is 2. The van der Waals surface area contributed by atoms with Crippen LogP contribution in [0.5, 0.6) is 0 Å². The summed E-state index contributed by atoms with van der Waals surface area (Å²) in [5.41, 5.74) is 3.68. The van der Waals surface area contributed by atoms with E-state index in [-0.39, 0.29) is 5.82 Å². The summed E-state index contributed by atoms with van der Waals surface area (Å²) >= 11 is 7.56. The second-order valence-electron chi connectivity index (χ2n) is 5.10. The fourth-order valence-corrected chi connectivity index (χ4v) is 3.36. The summed E-state index contributed by atoms with van der Waals surface area (Å²) in [6, 6.07) is 14.0. The molecular weight excluding hydrogens is 333 g/mol. The maximum absolute atomic E-state index is 13.0. The molecule has 4 rings (SSSR count). The van der Waals surface area contributed by atoms with Crippen molar-refractivity contribution in [2.45, 2.75) is 5.16 Å². The van der Waals surface area contributed by atoms with Crippen LogP contribution in [0.25, 0.3) is 11.3 Å². The molecule has 3 aromatic rings. The second-order valence-corrected chi connectivity index (χ2v) is 6.48. The van der Waals surface area contributed by atoms with Gasteiger partial charge in [0.05, 0.1) is 17.6 Å². The Balaban J connectivity index is 1.69. The van der Waals surface area contributed by atoms with E-state index >= 15 is 0 Å². The van der Waals surface area contributed by atoms with Crippen molar-refractivity contribution in [3.05, 3.63) is 71.1 Å². The van der Waals surface area contributed by atoms with E-state index in [4.69, 9.17) is 11.6 Å². The molecule has 0 amide bonds. The minimum absolute atomic E-state index is 0.254. The largest absolute Gasteiger partial charge is 0.221 e. The van der Waals surface area contributed by atoms with E-state index in [1.54, 1.807) is 28.6 Å². The highest BCUT2D eigenvalue weighted by molar-refractivity contribution is 7.99. The predicted molar refractivity (Wildman–Crippen MR) is 91.7 cm³/mol. The Morgan fingerprint density at radius 3 is 2.43 bits per heavy atom. The van der Waals surface area contributed by atoms with Crippen LogP contribution < -0.4 is 0 Å². The number of halogens is 2. The van der Waals surface area contributed by atoms with Gasteiger partial charge in [-0.1, -0.05) is 35.5 Å². The van der Waals surface area contributed by atoms with E-state index in [9.17, 15) is 4.39 Å². The van der Waals surface area contributed by atoms with Crippen LogP contribution in [0.1, 0.15) is 5.56 Å². The van der Waals surface area contributed by atoms with Gasteiger partial charge >= 0.3 is 0 Å². The zero-order valence-electron chi connectivity index (χ0n) is 11.9. The lowest BCUT2D eigenvalue weighted by atomic mass is 10.1. The van der Waals surface area contributed by atoms with Crippen LogP contribution in [0.2, 0.25) is 5.02 Å². The van der Waals surface area contributed by atoms with Crippen LogP contribution in [0.15, 0.2) is 65.0 Å². The molecule has 0 radical (unpaired) electrons. The van der Waals surface area contributed by atoms with Gasteiger partial charge in [-0.05, 0) is 42.0 Å². The SMILES string of the molecule is Fc1ccc(-c2cn3c(n2)SCC(c2ccc(Cl)cc2)=N3)cc1. The Morgan fingerprint density at radius 2 is 1.70 bits per heavy atom. The number of hydrogen-bond acceptors (Lipinski definition) is 3. The summed E-state index contributed by atoms with van der Waals surface area (Å²) in [5, 5.41) is 6.19. The smallest absolute Gasteiger partial charge is 0.189 e. The molecular formula is C17H11ClFN3S. The van der Waals surface area contributed by atoms with Gasteiger partial charge in [-0.2, -0.15) is 5.10 Å².